The normalized spacial score (nSPS) is 10.6. The molecule has 0 aromatic heterocycles. The Kier molecular flexibility index (Phi) is 9.49. The summed E-state index contributed by atoms with van der Waals surface area (Å²) in [6.45, 7) is 4.20. The fourth-order valence-electron chi connectivity index (χ4n) is 2.57. The smallest absolute Gasteiger partial charge is 0.193 e. The van der Waals surface area contributed by atoms with E-state index in [-0.39, 0.29) is 24.0 Å². The number of nitrogens with two attached hydrogens (primary N) is 1. The molecule has 0 spiro atoms. The van der Waals surface area contributed by atoms with Crippen molar-refractivity contribution in [3.8, 4) is 17.2 Å². The summed E-state index contributed by atoms with van der Waals surface area (Å²) in [5.41, 5.74) is 8.76. The maximum Gasteiger partial charge on any atom is 0.193 e. The summed E-state index contributed by atoms with van der Waals surface area (Å²) < 4.78 is 16.1. The Bertz CT molecular complexity index is 794. The molecule has 0 unspecified atom stereocenters. The van der Waals surface area contributed by atoms with E-state index in [9.17, 15) is 0 Å². The Morgan fingerprint density at radius 3 is 2.56 bits per heavy atom. The van der Waals surface area contributed by atoms with Crippen molar-refractivity contribution in [2.24, 2.45) is 10.7 Å². The number of rotatable bonds is 8. The first-order valence-electron chi connectivity index (χ1n) is 8.17. The molecule has 3 N–H and O–H groups in total. The number of halogens is 1. The first-order valence-corrected chi connectivity index (χ1v) is 8.17. The second kappa shape index (κ2) is 11.3. The highest BCUT2D eigenvalue weighted by Gasteiger charge is 2.11. The van der Waals surface area contributed by atoms with Crippen molar-refractivity contribution in [3.05, 3.63) is 60.2 Å². The van der Waals surface area contributed by atoms with Gasteiger partial charge in [0.05, 0.1) is 27.9 Å². The van der Waals surface area contributed by atoms with Gasteiger partial charge in [-0.05, 0) is 36.2 Å². The van der Waals surface area contributed by atoms with Gasteiger partial charge >= 0.3 is 0 Å². The zero-order valence-electron chi connectivity index (χ0n) is 15.8. The summed E-state index contributed by atoms with van der Waals surface area (Å²) in [5, 5.41) is 3.05. The van der Waals surface area contributed by atoms with E-state index in [4.69, 9.17) is 19.9 Å². The van der Waals surface area contributed by atoms with Crippen LogP contribution in [0.3, 0.4) is 0 Å². The molecule has 0 atom stereocenters. The molecular formula is C20H26IN3O3. The summed E-state index contributed by atoms with van der Waals surface area (Å²) >= 11 is 0. The van der Waals surface area contributed by atoms with E-state index in [0.29, 0.717) is 30.4 Å². The molecule has 0 heterocycles. The van der Waals surface area contributed by atoms with Crippen molar-refractivity contribution in [2.75, 3.05) is 26.6 Å². The van der Waals surface area contributed by atoms with Gasteiger partial charge in [0.25, 0.3) is 0 Å². The van der Waals surface area contributed by atoms with Crippen LogP contribution in [0.2, 0.25) is 0 Å². The van der Waals surface area contributed by atoms with E-state index in [2.05, 4.69) is 16.9 Å². The van der Waals surface area contributed by atoms with Crippen LogP contribution in [0.25, 0.3) is 0 Å². The Balaban J connectivity index is 0.00000364. The van der Waals surface area contributed by atoms with Crippen molar-refractivity contribution in [3.63, 3.8) is 0 Å². The van der Waals surface area contributed by atoms with Gasteiger partial charge in [-0.1, -0.05) is 12.1 Å². The summed E-state index contributed by atoms with van der Waals surface area (Å²) in [6, 6.07) is 11.4. The van der Waals surface area contributed by atoms with Crippen molar-refractivity contribution >= 4 is 35.6 Å². The summed E-state index contributed by atoms with van der Waals surface area (Å²) in [7, 11) is 4.86. The van der Waals surface area contributed by atoms with Gasteiger partial charge in [-0.2, -0.15) is 0 Å². The van der Waals surface area contributed by atoms with E-state index >= 15 is 0 Å². The standard InChI is InChI=1S/C20H25N3O3.HI/c1-5-7-15-10-14(11-18(25-3)19(15)26-4)13-22-20(21)23-16-8-6-9-17(12-16)24-2;/h5-6,8-12H,1,7,13H2,2-4H3,(H3,21,22,23);1H. The summed E-state index contributed by atoms with van der Waals surface area (Å²) in [5.74, 6) is 2.44. The number of guanidine groups is 1. The second-order valence-electron chi connectivity index (χ2n) is 5.54. The third kappa shape index (κ3) is 6.35. The highest BCUT2D eigenvalue weighted by atomic mass is 127. The molecule has 2 aromatic carbocycles. The Morgan fingerprint density at radius 2 is 1.93 bits per heavy atom. The average Bonchev–Trinajstić information content (AvgIpc) is 2.66. The number of hydrogen-bond donors (Lipinski definition) is 2. The number of allylic oxidation sites excluding steroid dienone is 1. The second-order valence-corrected chi connectivity index (χ2v) is 5.54. The van der Waals surface area contributed by atoms with E-state index in [1.807, 2.05) is 42.5 Å². The molecule has 2 aromatic rings. The van der Waals surface area contributed by atoms with Gasteiger partial charge in [0.1, 0.15) is 5.75 Å². The fraction of sp³-hybridized carbons (Fsp3) is 0.250. The molecule has 0 amide bonds. The molecule has 0 aliphatic carbocycles. The van der Waals surface area contributed by atoms with Gasteiger partial charge in [0, 0.05) is 17.3 Å². The predicted octanol–water partition coefficient (Wildman–Crippen LogP) is 3.99. The third-order valence-corrected chi connectivity index (χ3v) is 3.75. The van der Waals surface area contributed by atoms with Crippen LogP contribution in [0.15, 0.2) is 54.0 Å². The Labute approximate surface area is 177 Å². The van der Waals surface area contributed by atoms with Crippen molar-refractivity contribution < 1.29 is 14.2 Å². The number of aliphatic imine (C=N–C) groups is 1. The van der Waals surface area contributed by atoms with E-state index < -0.39 is 0 Å². The van der Waals surface area contributed by atoms with Gasteiger partial charge in [-0.3, -0.25) is 0 Å². The van der Waals surface area contributed by atoms with Gasteiger partial charge in [0.15, 0.2) is 17.5 Å². The fourth-order valence-corrected chi connectivity index (χ4v) is 2.57. The van der Waals surface area contributed by atoms with Crippen LogP contribution in [-0.2, 0) is 13.0 Å². The molecule has 146 valence electrons. The Hall–Kier alpha value is -2.42. The number of hydrogen-bond acceptors (Lipinski definition) is 4. The average molecular weight is 483 g/mol. The molecule has 7 heteroatoms. The zero-order valence-corrected chi connectivity index (χ0v) is 18.2. The van der Waals surface area contributed by atoms with Crippen molar-refractivity contribution in [1.82, 2.24) is 0 Å². The SMILES string of the molecule is C=CCc1cc(CN=C(N)Nc2cccc(OC)c2)cc(OC)c1OC.I. The molecule has 0 aliphatic heterocycles. The minimum Gasteiger partial charge on any atom is -0.497 e. The Morgan fingerprint density at radius 1 is 1.15 bits per heavy atom. The lowest BCUT2D eigenvalue weighted by molar-refractivity contribution is 0.352. The lowest BCUT2D eigenvalue weighted by atomic mass is 10.1. The van der Waals surface area contributed by atoms with Gasteiger partial charge in [-0.15, -0.1) is 30.6 Å². The number of anilines is 1. The van der Waals surface area contributed by atoms with E-state index in [1.54, 1.807) is 21.3 Å². The molecule has 2 rings (SSSR count). The van der Waals surface area contributed by atoms with Gasteiger partial charge in [0.2, 0.25) is 0 Å². The molecule has 6 nitrogen and oxygen atoms in total. The predicted molar refractivity (Wildman–Crippen MR) is 121 cm³/mol. The molecular weight excluding hydrogens is 457 g/mol. The summed E-state index contributed by atoms with van der Waals surface area (Å²) in [4.78, 5) is 4.40. The van der Waals surface area contributed by atoms with Crippen LogP contribution >= 0.6 is 24.0 Å². The van der Waals surface area contributed by atoms with E-state index in [1.165, 1.54) is 0 Å². The molecule has 0 bridgehead atoms. The number of nitrogens with one attached hydrogen (secondary N) is 1. The number of benzene rings is 2. The van der Waals surface area contributed by atoms with Crippen molar-refractivity contribution in [1.29, 1.82) is 0 Å². The summed E-state index contributed by atoms with van der Waals surface area (Å²) in [6.07, 6.45) is 2.50. The van der Waals surface area contributed by atoms with Crippen LogP contribution in [-0.4, -0.2) is 27.3 Å². The minimum absolute atomic E-state index is 0. The maximum absolute atomic E-state index is 5.99. The quantitative estimate of drug-likeness (QED) is 0.257. The van der Waals surface area contributed by atoms with Crippen LogP contribution in [0.4, 0.5) is 5.69 Å². The van der Waals surface area contributed by atoms with Crippen LogP contribution in [0.1, 0.15) is 11.1 Å². The highest BCUT2D eigenvalue weighted by Crippen LogP contribution is 2.33. The van der Waals surface area contributed by atoms with Crippen LogP contribution < -0.4 is 25.3 Å². The molecule has 0 saturated heterocycles. The molecule has 0 saturated carbocycles. The number of nitrogens with zero attached hydrogens (tertiary/aromatic N) is 1. The zero-order chi connectivity index (χ0) is 18.9. The topological polar surface area (TPSA) is 78.1 Å². The van der Waals surface area contributed by atoms with Crippen LogP contribution in [0.5, 0.6) is 17.2 Å². The lowest BCUT2D eigenvalue weighted by Crippen LogP contribution is -2.22. The third-order valence-electron chi connectivity index (χ3n) is 3.75. The molecule has 0 fully saturated rings. The monoisotopic (exact) mass is 483 g/mol. The van der Waals surface area contributed by atoms with Crippen molar-refractivity contribution in [2.45, 2.75) is 13.0 Å². The van der Waals surface area contributed by atoms with Crippen LogP contribution in [0, 0.1) is 0 Å². The first kappa shape index (κ1) is 22.6. The highest BCUT2D eigenvalue weighted by molar-refractivity contribution is 14.0. The van der Waals surface area contributed by atoms with Gasteiger partial charge < -0.3 is 25.3 Å². The maximum atomic E-state index is 5.99. The largest absolute Gasteiger partial charge is 0.497 e. The number of ether oxygens (including phenoxy) is 3. The lowest BCUT2D eigenvalue weighted by Gasteiger charge is -2.14. The number of methoxy groups -OCH3 is 3. The molecule has 0 radical (unpaired) electrons. The molecule has 27 heavy (non-hydrogen) atoms. The minimum atomic E-state index is 0. The van der Waals surface area contributed by atoms with Gasteiger partial charge in [-0.25, -0.2) is 4.99 Å². The first-order chi connectivity index (χ1) is 12.6. The van der Waals surface area contributed by atoms with E-state index in [0.717, 1.165) is 22.6 Å². The molecule has 0 aliphatic rings.